The van der Waals surface area contributed by atoms with Gasteiger partial charge in [0.05, 0.1) is 32.1 Å². The first-order chi connectivity index (χ1) is 16.4. The minimum atomic E-state index is -5.32. The molecule has 2 amide bonds. The van der Waals surface area contributed by atoms with Crippen molar-refractivity contribution in [1.29, 1.82) is 0 Å². The third-order valence-corrected chi connectivity index (χ3v) is 6.35. The number of nitrogens with two attached hydrogens (primary N) is 1. The standard InChI is InChI=1S/C22H16Cl3F7N2O2/c1-8(20(36)34-2)16-10(3-4-11(19(33)35)17(16)22(30,31)32)15(26)7-12(21(27,28)29)9-5-13(23)18(25)14(24)6-9/h3-8,12H,1-2H3,(H2,33,35)(H,34,36)/b15-7-/t8-,12?/m1/s1. The van der Waals surface area contributed by atoms with Crippen molar-refractivity contribution in [3.8, 4) is 0 Å². The van der Waals surface area contributed by atoms with Gasteiger partial charge in [0.2, 0.25) is 11.8 Å². The van der Waals surface area contributed by atoms with Gasteiger partial charge in [0.1, 0.15) is 11.7 Å². The summed E-state index contributed by atoms with van der Waals surface area (Å²) in [6.07, 6.45) is -10.5. The van der Waals surface area contributed by atoms with Gasteiger partial charge in [-0.2, -0.15) is 26.3 Å². The number of carbonyl (C=O) groups is 2. The van der Waals surface area contributed by atoms with Crippen LogP contribution in [0.15, 0.2) is 30.3 Å². The van der Waals surface area contributed by atoms with Crippen LogP contribution in [0.4, 0.5) is 30.7 Å². The first-order valence-corrected chi connectivity index (χ1v) is 10.9. The molecule has 0 saturated carbocycles. The Morgan fingerprint density at radius 2 is 1.50 bits per heavy atom. The molecule has 0 bridgehead atoms. The third kappa shape index (κ3) is 6.24. The average molecular weight is 580 g/mol. The highest BCUT2D eigenvalue weighted by molar-refractivity contribution is 6.48. The number of hydrogen-bond acceptors (Lipinski definition) is 2. The fourth-order valence-electron chi connectivity index (χ4n) is 3.51. The van der Waals surface area contributed by atoms with Crippen molar-refractivity contribution in [2.24, 2.45) is 5.73 Å². The average Bonchev–Trinajstić information content (AvgIpc) is 2.76. The lowest BCUT2D eigenvalue weighted by atomic mass is 9.85. The number of benzene rings is 2. The van der Waals surface area contributed by atoms with E-state index in [1.807, 2.05) is 0 Å². The van der Waals surface area contributed by atoms with Crippen LogP contribution in [0, 0.1) is 0 Å². The highest BCUT2D eigenvalue weighted by atomic mass is 35.5. The molecule has 0 aromatic heterocycles. The van der Waals surface area contributed by atoms with Crippen LogP contribution in [0.2, 0.25) is 15.1 Å². The van der Waals surface area contributed by atoms with Gasteiger partial charge in [0.25, 0.3) is 0 Å². The molecule has 0 aliphatic carbocycles. The Balaban J connectivity index is 2.92. The molecule has 2 aromatic carbocycles. The zero-order chi connectivity index (χ0) is 27.7. The summed E-state index contributed by atoms with van der Waals surface area (Å²) in [5.74, 6) is -8.80. The Hall–Kier alpha value is -2.50. The normalized spacial score (nSPS) is 14.4. The molecule has 3 N–H and O–H groups in total. The number of primary amides is 1. The molecule has 2 rings (SSSR count). The summed E-state index contributed by atoms with van der Waals surface area (Å²) in [6.45, 7) is 0.963. The van der Waals surface area contributed by atoms with Gasteiger partial charge < -0.3 is 11.1 Å². The summed E-state index contributed by atoms with van der Waals surface area (Å²) < 4.78 is 99.0. The second-order valence-corrected chi connectivity index (χ2v) is 8.67. The Bertz CT molecular complexity index is 1200. The number of halogens is 10. The number of hydrogen-bond donors (Lipinski definition) is 2. The molecular weight excluding hydrogens is 564 g/mol. The van der Waals surface area contributed by atoms with Crippen LogP contribution in [-0.2, 0) is 11.0 Å². The monoisotopic (exact) mass is 578 g/mol. The molecule has 0 heterocycles. The fourth-order valence-corrected chi connectivity index (χ4v) is 4.12. The molecule has 0 saturated heterocycles. The predicted molar refractivity (Wildman–Crippen MR) is 122 cm³/mol. The number of amides is 2. The topological polar surface area (TPSA) is 72.2 Å². The maximum absolute atomic E-state index is 15.4. The number of carbonyl (C=O) groups excluding carboxylic acids is 2. The number of nitrogens with one attached hydrogen (secondary N) is 1. The number of alkyl halides is 6. The molecule has 4 nitrogen and oxygen atoms in total. The Labute approximate surface area is 215 Å². The van der Waals surface area contributed by atoms with Crippen molar-refractivity contribution in [3.63, 3.8) is 0 Å². The molecular formula is C22H16Cl3F7N2O2. The van der Waals surface area contributed by atoms with E-state index in [1.165, 1.54) is 0 Å². The lowest BCUT2D eigenvalue weighted by molar-refractivity contribution is -0.140. The summed E-state index contributed by atoms with van der Waals surface area (Å²) in [7, 11) is 1.09. The zero-order valence-corrected chi connectivity index (χ0v) is 20.5. The SMILES string of the molecule is CNC(=O)[C@H](C)c1c(/C(F)=C/C(c2cc(Cl)c(Cl)c(Cl)c2)C(F)(F)F)ccc(C(N)=O)c1C(F)(F)F. The van der Waals surface area contributed by atoms with Gasteiger partial charge in [-0.1, -0.05) is 40.9 Å². The molecule has 1 unspecified atom stereocenters. The van der Waals surface area contributed by atoms with Gasteiger partial charge in [0, 0.05) is 12.6 Å². The van der Waals surface area contributed by atoms with Crippen molar-refractivity contribution in [3.05, 3.63) is 73.2 Å². The largest absolute Gasteiger partial charge is 0.417 e. The van der Waals surface area contributed by atoms with E-state index in [0.717, 1.165) is 26.1 Å². The predicted octanol–water partition coefficient (Wildman–Crippen LogP) is 7.27. The number of allylic oxidation sites excluding steroid dienone is 1. The molecule has 36 heavy (non-hydrogen) atoms. The zero-order valence-electron chi connectivity index (χ0n) is 18.2. The van der Waals surface area contributed by atoms with Gasteiger partial charge in [-0.25, -0.2) is 4.39 Å². The van der Waals surface area contributed by atoms with Crippen molar-refractivity contribution < 1.29 is 40.3 Å². The van der Waals surface area contributed by atoms with Crippen molar-refractivity contribution >= 4 is 52.4 Å². The molecule has 0 radical (unpaired) electrons. The third-order valence-electron chi connectivity index (χ3n) is 5.16. The van der Waals surface area contributed by atoms with E-state index >= 15 is 4.39 Å². The van der Waals surface area contributed by atoms with Crippen LogP contribution in [0.3, 0.4) is 0 Å². The molecule has 0 aliphatic heterocycles. The second-order valence-electron chi connectivity index (χ2n) is 7.48. The molecule has 14 heteroatoms. The minimum absolute atomic E-state index is 0.00932. The van der Waals surface area contributed by atoms with Crippen LogP contribution < -0.4 is 11.1 Å². The van der Waals surface area contributed by atoms with Gasteiger partial charge in [0.15, 0.2) is 0 Å². The number of likely N-dealkylation sites (N-methyl/N-ethyl adjacent to an activating group) is 1. The van der Waals surface area contributed by atoms with Gasteiger partial charge in [-0.05, 0) is 42.3 Å². The maximum Gasteiger partial charge on any atom is 0.417 e. The van der Waals surface area contributed by atoms with Crippen molar-refractivity contribution in [2.45, 2.75) is 31.1 Å². The van der Waals surface area contributed by atoms with Crippen LogP contribution >= 0.6 is 34.8 Å². The molecule has 0 fully saturated rings. The van der Waals surface area contributed by atoms with Crippen molar-refractivity contribution in [1.82, 2.24) is 5.32 Å². The first-order valence-electron chi connectivity index (χ1n) is 9.76. The van der Waals surface area contributed by atoms with E-state index in [4.69, 9.17) is 40.5 Å². The van der Waals surface area contributed by atoms with Crippen LogP contribution in [0.25, 0.3) is 5.83 Å². The Morgan fingerprint density at radius 1 is 1.00 bits per heavy atom. The van der Waals surface area contributed by atoms with E-state index in [0.29, 0.717) is 12.1 Å². The first kappa shape index (κ1) is 29.7. The second kappa shape index (κ2) is 10.9. The van der Waals surface area contributed by atoms with E-state index in [1.54, 1.807) is 0 Å². The number of rotatable bonds is 6. The van der Waals surface area contributed by atoms with Gasteiger partial charge in [-0.15, -0.1) is 0 Å². The molecule has 2 aromatic rings. The van der Waals surface area contributed by atoms with E-state index in [2.05, 4.69) is 5.32 Å². The highest BCUT2D eigenvalue weighted by Gasteiger charge is 2.43. The Kier molecular flexibility index (Phi) is 8.97. The minimum Gasteiger partial charge on any atom is -0.366 e. The summed E-state index contributed by atoms with van der Waals surface area (Å²) in [4.78, 5) is 23.9. The van der Waals surface area contributed by atoms with Gasteiger partial charge in [-0.3, -0.25) is 9.59 Å². The molecule has 0 aliphatic rings. The Morgan fingerprint density at radius 3 is 1.92 bits per heavy atom. The van der Waals surface area contributed by atoms with Crippen LogP contribution in [-0.4, -0.2) is 25.0 Å². The smallest absolute Gasteiger partial charge is 0.366 e. The summed E-state index contributed by atoms with van der Waals surface area (Å²) in [5.41, 5.74) is -0.511. The van der Waals surface area contributed by atoms with Crippen LogP contribution in [0.1, 0.15) is 51.4 Å². The molecule has 196 valence electrons. The van der Waals surface area contributed by atoms with Gasteiger partial charge >= 0.3 is 12.4 Å². The quantitative estimate of drug-likeness (QED) is 0.279. The fraction of sp³-hybridized carbons (Fsp3) is 0.273. The summed E-state index contributed by atoms with van der Waals surface area (Å²) in [6, 6.07) is 2.73. The van der Waals surface area contributed by atoms with E-state index in [9.17, 15) is 35.9 Å². The van der Waals surface area contributed by atoms with Crippen LogP contribution in [0.5, 0.6) is 0 Å². The summed E-state index contributed by atoms with van der Waals surface area (Å²) >= 11 is 17.3. The lowest BCUT2D eigenvalue weighted by Crippen LogP contribution is -2.29. The summed E-state index contributed by atoms with van der Waals surface area (Å²) in [5, 5.41) is 1.07. The van der Waals surface area contributed by atoms with Crippen molar-refractivity contribution in [2.75, 3.05) is 7.05 Å². The lowest BCUT2D eigenvalue weighted by Gasteiger charge is -2.24. The molecule has 0 spiro atoms. The van der Waals surface area contributed by atoms with E-state index in [-0.39, 0.29) is 21.1 Å². The maximum atomic E-state index is 15.4. The molecule has 2 atom stereocenters. The van der Waals surface area contributed by atoms with E-state index < -0.39 is 69.6 Å². The highest BCUT2D eigenvalue weighted by Crippen LogP contribution is 2.45.